The number of halogens is 2. The molecule has 2 rings (SSSR count). The molecule has 0 saturated heterocycles. The highest BCUT2D eigenvalue weighted by molar-refractivity contribution is 6.33. The van der Waals surface area contributed by atoms with Gasteiger partial charge in [-0.3, -0.25) is 4.79 Å². The first-order chi connectivity index (χ1) is 8.99. The fraction of sp³-hybridized carbons (Fsp3) is 0.231. The largest absolute Gasteiger partial charge is 0.444 e. The summed E-state index contributed by atoms with van der Waals surface area (Å²) in [6.07, 6.45) is 0. The van der Waals surface area contributed by atoms with Crippen molar-refractivity contribution in [1.82, 2.24) is 10.3 Å². The lowest BCUT2D eigenvalue weighted by atomic mass is 10.2. The molecule has 0 bridgehead atoms. The average molecular weight is 283 g/mol. The van der Waals surface area contributed by atoms with E-state index < -0.39 is 11.7 Å². The molecule has 6 heteroatoms. The molecule has 0 saturated carbocycles. The number of amides is 1. The number of nitrogens with one attached hydrogen (secondary N) is 1. The number of nitrogens with zero attached hydrogens (tertiary/aromatic N) is 1. The summed E-state index contributed by atoms with van der Waals surface area (Å²) in [5, 5.41) is 2.63. The van der Waals surface area contributed by atoms with Gasteiger partial charge in [-0.05, 0) is 19.1 Å². The third-order valence-corrected chi connectivity index (χ3v) is 2.91. The fourth-order valence-corrected chi connectivity index (χ4v) is 1.95. The van der Waals surface area contributed by atoms with Crippen molar-refractivity contribution >= 4 is 17.5 Å². The van der Waals surface area contributed by atoms with Gasteiger partial charge < -0.3 is 9.73 Å². The van der Waals surface area contributed by atoms with Crippen molar-refractivity contribution in [3.8, 4) is 0 Å². The molecule has 4 nitrogen and oxygen atoms in total. The van der Waals surface area contributed by atoms with E-state index in [1.54, 1.807) is 13.8 Å². The minimum atomic E-state index is -0.657. The summed E-state index contributed by atoms with van der Waals surface area (Å²) < 4.78 is 18.8. The summed E-state index contributed by atoms with van der Waals surface area (Å²) in [5.74, 6) is -0.184. The van der Waals surface area contributed by atoms with Crippen LogP contribution in [0, 0.1) is 19.7 Å². The number of hydrogen-bond donors (Lipinski definition) is 1. The number of oxazole rings is 1. The predicted molar refractivity (Wildman–Crippen MR) is 68.6 cm³/mol. The summed E-state index contributed by atoms with van der Waals surface area (Å²) in [6.45, 7) is 3.62. The Hall–Kier alpha value is -1.88. The molecular weight excluding hydrogens is 271 g/mol. The predicted octanol–water partition coefficient (Wildman–Crippen LogP) is 3.01. The van der Waals surface area contributed by atoms with E-state index in [0.29, 0.717) is 17.3 Å². The van der Waals surface area contributed by atoms with Crippen molar-refractivity contribution in [2.75, 3.05) is 0 Å². The van der Waals surface area contributed by atoms with E-state index in [4.69, 9.17) is 16.0 Å². The van der Waals surface area contributed by atoms with E-state index >= 15 is 0 Å². The molecule has 19 heavy (non-hydrogen) atoms. The lowest BCUT2D eigenvalue weighted by Crippen LogP contribution is -2.24. The number of aromatic nitrogens is 1. The van der Waals surface area contributed by atoms with Gasteiger partial charge in [0.2, 0.25) is 0 Å². The molecule has 0 atom stereocenters. The second-order valence-electron chi connectivity index (χ2n) is 4.02. The minimum absolute atomic E-state index is 0.0722. The Morgan fingerprint density at radius 3 is 2.79 bits per heavy atom. The summed E-state index contributed by atoms with van der Waals surface area (Å²) >= 11 is 5.80. The highest BCUT2D eigenvalue weighted by Crippen LogP contribution is 2.19. The number of benzene rings is 1. The molecule has 0 aliphatic heterocycles. The van der Waals surface area contributed by atoms with Crippen LogP contribution in [0.15, 0.2) is 22.6 Å². The molecule has 1 heterocycles. The Bertz CT molecular complexity index is 605. The van der Waals surface area contributed by atoms with Crippen LogP contribution in [-0.2, 0) is 6.54 Å². The topological polar surface area (TPSA) is 55.1 Å². The number of carbonyl (C=O) groups excluding carboxylic acids is 1. The molecule has 2 aromatic rings. The first-order valence-electron chi connectivity index (χ1n) is 5.64. The van der Waals surface area contributed by atoms with Crippen molar-refractivity contribution < 1.29 is 13.6 Å². The molecule has 0 aliphatic rings. The Labute approximate surface area is 114 Å². The molecule has 100 valence electrons. The van der Waals surface area contributed by atoms with Gasteiger partial charge in [-0.2, -0.15) is 0 Å². The van der Waals surface area contributed by atoms with Gasteiger partial charge in [0.1, 0.15) is 11.6 Å². The second kappa shape index (κ2) is 5.40. The average Bonchev–Trinajstić information content (AvgIpc) is 2.65. The summed E-state index contributed by atoms with van der Waals surface area (Å²) in [7, 11) is 0. The zero-order valence-electron chi connectivity index (χ0n) is 10.5. The Morgan fingerprint density at radius 1 is 1.47 bits per heavy atom. The van der Waals surface area contributed by atoms with Crippen LogP contribution in [0.3, 0.4) is 0 Å². The fourth-order valence-electron chi connectivity index (χ4n) is 1.70. The van der Waals surface area contributed by atoms with Crippen LogP contribution in [0.5, 0.6) is 0 Å². The van der Waals surface area contributed by atoms with Crippen LogP contribution >= 0.6 is 11.6 Å². The van der Waals surface area contributed by atoms with Crippen molar-refractivity contribution in [2.24, 2.45) is 0 Å². The van der Waals surface area contributed by atoms with Gasteiger partial charge >= 0.3 is 0 Å². The molecule has 0 aliphatic carbocycles. The van der Waals surface area contributed by atoms with E-state index in [-0.39, 0.29) is 17.1 Å². The summed E-state index contributed by atoms with van der Waals surface area (Å²) in [5.41, 5.74) is 0.524. The van der Waals surface area contributed by atoms with Crippen molar-refractivity contribution in [3.05, 3.63) is 51.9 Å². The molecule has 1 aromatic carbocycles. The summed E-state index contributed by atoms with van der Waals surface area (Å²) in [4.78, 5) is 16.0. The third kappa shape index (κ3) is 2.93. The SMILES string of the molecule is Cc1nc(C)c(CNC(=O)c2c(F)cccc2Cl)o1. The smallest absolute Gasteiger partial charge is 0.256 e. The number of aryl methyl sites for hydroxylation is 2. The van der Waals surface area contributed by atoms with Gasteiger partial charge in [0, 0.05) is 6.92 Å². The molecule has 0 fully saturated rings. The minimum Gasteiger partial charge on any atom is -0.444 e. The first kappa shape index (κ1) is 13.5. The maximum atomic E-state index is 13.5. The highest BCUT2D eigenvalue weighted by Gasteiger charge is 2.16. The van der Waals surface area contributed by atoms with E-state index in [2.05, 4.69) is 10.3 Å². The van der Waals surface area contributed by atoms with Crippen LogP contribution in [0.1, 0.15) is 27.7 Å². The van der Waals surface area contributed by atoms with Gasteiger partial charge in [-0.15, -0.1) is 0 Å². The Morgan fingerprint density at radius 2 is 2.21 bits per heavy atom. The quantitative estimate of drug-likeness (QED) is 0.941. The Balaban J connectivity index is 2.12. The van der Waals surface area contributed by atoms with E-state index in [1.165, 1.54) is 18.2 Å². The highest BCUT2D eigenvalue weighted by atomic mass is 35.5. The number of hydrogen-bond acceptors (Lipinski definition) is 3. The van der Waals surface area contributed by atoms with Crippen molar-refractivity contribution in [2.45, 2.75) is 20.4 Å². The van der Waals surface area contributed by atoms with Gasteiger partial charge in [-0.1, -0.05) is 17.7 Å². The van der Waals surface area contributed by atoms with Crippen molar-refractivity contribution in [3.63, 3.8) is 0 Å². The first-order valence-corrected chi connectivity index (χ1v) is 6.02. The Kier molecular flexibility index (Phi) is 3.85. The maximum Gasteiger partial charge on any atom is 0.256 e. The van der Waals surface area contributed by atoms with Crippen LogP contribution in [0.4, 0.5) is 4.39 Å². The number of rotatable bonds is 3. The molecular formula is C13H12ClFN2O2. The van der Waals surface area contributed by atoms with E-state index in [9.17, 15) is 9.18 Å². The lowest BCUT2D eigenvalue weighted by Gasteiger charge is -2.06. The third-order valence-electron chi connectivity index (χ3n) is 2.60. The normalized spacial score (nSPS) is 10.5. The lowest BCUT2D eigenvalue weighted by molar-refractivity contribution is 0.0944. The van der Waals surface area contributed by atoms with Crippen LogP contribution < -0.4 is 5.32 Å². The van der Waals surface area contributed by atoms with Gasteiger partial charge in [0.15, 0.2) is 5.89 Å². The van der Waals surface area contributed by atoms with Gasteiger partial charge in [0.25, 0.3) is 5.91 Å². The van der Waals surface area contributed by atoms with Crippen LogP contribution in [-0.4, -0.2) is 10.9 Å². The van der Waals surface area contributed by atoms with Gasteiger partial charge in [-0.25, -0.2) is 9.37 Å². The van der Waals surface area contributed by atoms with E-state index in [0.717, 1.165) is 0 Å². The molecule has 1 amide bonds. The van der Waals surface area contributed by atoms with Gasteiger partial charge in [0.05, 0.1) is 22.8 Å². The standard InChI is InChI=1S/C13H12ClFN2O2/c1-7-11(19-8(2)17-7)6-16-13(18)12-9(14)4-3-5-10(12)15/h3-5H,6H2,1-2H3,(H,16,18). The second-order valence-corrected chi connectivity index (χ2v) is 4.43. The molecule has 1 aromatic heterocycles. The van der Waals surface area contributed by atoms with Crippen LogP contribution in [0.2, 0.25) is 5.02 Å². The zero-order chi connectivity index (χ0) is 14.0. The maximum absolute atomic E-state index is 13.5. The van der Waals surface area contributed by atoms with Crippen LogP contribution in [0.25, 0.3) is 0 Å². The van der Waals surface area contributed by atoms with Crippen molar-refractivity contribution in [1.29, 1.82) is 0 Å². The molecule has 0 unspecified atom stereocenters. The molecule has 0 spiro atoms. The molecule has 1 N–H and O–H groups in total. The zero-order valence-corrected chi connectivity index (χ0v) is 11.2. The summed E-state index contributed by atoms with van der Waals surface area (Å²) in [6, 6.07) is 4.09. The molecule has 0 radical (unpaired) electrons. The monoisotopic (exact) mass is 282 g/mol. The number of carbonyl (C=O) groups is 1. The van der Waals surface area contributed by atoms with E-state index in [1.807, 2.05) is 0 Å².